The summed E-state index contributed by atoms with van der Waals surface area (Å²) in [5.74, 6) is 0.784. The van der Waals surface area contributed by atoms with Gasteiger partial charge in [0.1, 0.15) is 0 Å². The Kier molecular flexibility index (Phi) is 6.14. The molecule has 0 aromatic heterocycles. The number of carbonyl (C=O) groups is 1. The number of hydrogen-bond acceptors (Lipinski definition) is 3. The lowest BCUT2D eigenvalue weighted by molar-refractivity contribution is -0.129. The lowest BCUT2D eigenvalue weighted by Crippen LogP contribution is -2.42. The molecule has 1 amide bonds. The van der Waals surface area contributed by atoms with Crippen LogP contribution in [0.2, 0.25) is 0 Å². The summed E-state index contributed by atoms with van der Waals surface area (Å²) in [4.78, 5) is 14.1. The first-order valence-corrected chi connectivity index (χ1v) is 8.77. The Morgan fingerprint density at radius 1 is 1.14 bits per heavy atom. The number of amides is 1. The molecule has 5 nitrogen and oxygen atoms in total. The molecule has 1 heterocycles. The van der Waals surface area contributed by atoms with E-state index < -0.39 is 10.0 Å². The van der Waals surface area contributed by atoms with E-state index in [4.69, 9.17) is 0 Å². The molecule has 0 radical (unpaired) electrons. The minimum atomic E-state index is -3.55. The second kappa shape index (κ2) is 7.24. The summed E-state index contributed by atoms with van der Waals surface area (Å²) in [6, 6.07) is 0. The Labute approximate surface area is 134 Å². The highest BCUT2D eigenvalue weighted by Crippen LogP contribution is 2.22. The third kappa shape index (κ3) is 4.55. The zero-order chi connectivity index (χ0) is 17.1. The van der Waals surface area contributed by atoms with Gasteiger partial charge in [0, 0.05) is 32.8 Å². The van der Waals surface area contributed by atoms with E-state index in [1.807, 2.05) is 0 Å². The number of nitrogens with zero attached hydrogens (tertiary/aromatic N) is 2. The number of allylic oxidation sites excluding steroid dienone is 1. The maximum absolute atomic E-state index is 12.4. The first-order valence-electron chi connectivity index (χ1n) is 7.33. The molecule has 1 rings (SSSR count). The van der Waals surface area contributed by atoms with E-state index in [0.717, 1.165) is 10.7 Å². The Morgan fingerprint density at radius 3 is 2.09 bits per heavy atom. The van der Waals surface area contributed by atoms with Gasteiger partial charge >= 0.3 is 0 Å². The van der Waals surface area contributed by atoms with Crippen LogP contribution in [0.4, 0.5) is 0 Å². The van der Waals surface area contributed by atoms with Crippen molar-refractivity contribution in [2.45, 2.75) is 20.3 Å². The number of sulfonamides is 1. The average Bonchev–Trinajstić information content (AvgIpc) is 2.42. The van der Waals surface area contributed by atoms with E-state index in [0.29, 0.717) is 24.9 Å². The standard InChI is InChI=1S/C16H26N2O3S/c1-12-9-13(2)11-18(10-12)16(19)14(3)7-8-15(4)22(20,21)17(5)6/h7-8,12-13H,3-4,9-11H2,1-2,5-6H3. The monoisotopic (exact) mass is 326 g/mol. The summed E-state index contributed by atoms with van der Waals surface area (Å²) >= 11 is 0. The fourth-order valence-electron chi connectivity index (χ4n) is 2.62. The second-order valence-electron chi connectivity index (χ2n) is 6.27. The lowest BCUT2D eigenvalue weighted by atomic mass is 9.91. The van der Waals surface area contributed by atoms with Crippen LogP contribution < -0.4 is 0 Å². The van der Waals surface area contributed by atoms with Crippen molar-refractivity contribution >= 4 is 15.9 Å². The molecule has 0 N–H and O–H groups in total. The van der Waals surface area contributed by atoms with E-state index >= 15 is 0 Å². The SMILES string of the molecule is C=C(C=CC(=C)S(=O)(=O)N(C)C)C(=O)N1CC(C)CC(C)C1. The molecule has 0 bridgehead atoms. The van der Waals surface area contributed by atoms with Crippen molar-refractivity contribution in [2.24, 2.45) is 11.8 Å². The van der Waals surface area contributed by atoms with Crippen LogP contribution >= 0.6 is 0 Å². The molecule has 1 aliphatic heterocycles. The van der Waals surface area contributed by atoms with Crippen molar-refractivity contribution < 1.29 is 13.2 Å². The van der Waals surface area contributed by atoms with Crippen LogP contribution in [0.15, 0.2) is 35.8 Å². The van der Waals surface area contributed by atoms with Gasteiger partial charge in [-0.25, -0.2) is 12.7 Å². The molecular weight excluding hydrogens is 300 g/mol. The molecule has 0 aromatic rings. The number of rotatable bonds is 5. The topological polar surface area (TPSA) is 57.7 Å². The predicted molar refractivity (Wildman–Crippen MR) is 89.6 cm³/mol. The van der Waals surface area contributed by atoms with Gasteiger partial charge < -0.3 is 4.90 Å². The van der Waals surface area contributed by atoms with Crippen LogP contribution in [0, 0.1) is 11.8 Å². The molecule has 2 unspecified atom stereocenters. The van der Waals surface area contributed by atoms with Crippen LogP contribution in [0.3, 0.4) is 0 Å². The van der Waals surface area contributed by atoms with Crippen LogP contribution in [0.5, 0.6) is 0 Å². The van der Waals surface area contributed by atoms with Gasteiger partial charge in [0.15, 0.2) is 0 Å². The van der Waals surface area contributed by atoms with Gasteiger partial charge in [-0.15, -0.1) is 0 Å². The van der Waals surface area contributed by atoms with E-state index in [-0.39, 0.29) is 16.4 Å². The molecule has 2 atom stereocenters. The largest absolute Gasteiger partial charge is 0.338 e. The maximum Gasteiger partial charge on any atom is 0.253 e. The molecule has 1 fully saturated rings. The quantitative estimate of drug-likeness (QED) is 0.573. The summed E-state index contributed by atoms with van der Waals surface area (Å²) in [5, 5.41) is 0. The Balaban J connectivity index is 2.74. The van der Waals surface area contributed by atoms with Crippen molar-refractivity contribution in [2.75, 3.05) is 27.2 Å². The Hall–Kier alpha value is -1.40. The first-order chi connectivity index (χ1) is 10.1. The van der Waals surface area contributed by atoms with Crippen LogP contribution in [0.1, 0.15) is 20.3 Å². The van der Waals surface area contributed by atoms with Crippen molar-refractivity contribution in [1.82, 2.24) is 9.21 Å². The van der Waals surface area contributed by atoms with Gasteiger partial charge in [-0.05, 0) is 30.4 Å². The lowest BCUT2D eigenvalue weighted by Gasteiger charge is -2.35. The molecule has 22 heavy (non-hydrogen) atoms. The second-order valence-corrected chi connectivity index (χ2v) is 8.47. The van der Waals surface area contributed by atoms with Crippen molar-refractivity contribution in [1.29, 1.82) is 0 Å². The van der Waals surface area contributed by atoms with Crippen molar-refractivity contribution in [3.8, 4) is 0 Å². The fraction of sp³-hybridized carbons (Fsp3) is 0.562. The first kappa shape index (κ1) is 18.6. The third-order valence-corrected chi connectivity index (χ3v) is 5.47. The summed E-state index contributed by atoms with van der Waals surface area (Å²) in [7, 11) is -0.684. The molecule has 1 saturated heterocycles. The normalized spacial score (nSPS) is 23.0. The van der Waals surface area contributed by atoms with E-state index in [9.17, 15) is 13.2 Å². The molecule has 1 aliphatic rings. The molecule has 0 aromatic carbocycles. The minimum absolute atomic E-state index is 0.0631. The smallest absolute Gasteiger partial charge is 0.253 e. The van der Waals surface area contributed by atoms with Crippen LogP contribution in [0.25, 0.3) is 0 Å². The Bertz CT molecular complexity index is 581. The van der Waals surface area contributed by atoms with Crippen LogP contribution in [-0.2, 0) is 14.8 Å². The van der Waals surface area contributed by atoms with Crippen molar-refractivity contribution in [3.05, 3.63) is 35.8 Å². The summed E-state index contributed by atoms with van der Waals surface area (Å²) in [5.41, 5.74) is 0.274. The summed E-state index contributed by atoms with van der Waals surface area (Å²) < 4.78 is 24.8. The summed E-state index contributed by atoms with van der Waals surface area (Å²) in [6.07, 6.45) is 3.87. The number of likely N-dealkylation sites (tertiary alicyclic amines) is 1. The van der Waals surface area contributed by atoms with E-state index in [1.54, 1.807) is 4.90 Å². The highest BCUT2D eigenvalue weighted by Gasteiger charge is 2.26. The van der Waals surface area contributed by atoms with Gasteiger partial charge in [0.2, 0.25) is 10.0 Å². The molecule has 6 heteroatoms. The molecule has 0 spiro atoms. The predicted octanol–water partition coefficient (Wildman–Crippen LogP) is 2.01. The van der Waals surface area contributed by atoms with E-state index in [2.05, 4.69) is 27.0 Å². The zero-order valence-electron chi connectivity index (χ0n) is 13.9. The van der Waals surface area contributed by atoms with E-state index in [1.165, 1.54) is 26.2 Å². The summed E-state index contributed by atoms with van der Waals surface area (Å²) in [6.45, 7) is 13.0. The number of hydrogen-bond donors (Lipinski definition) is 0. The van der Waals surface area contributed by atoms with Gasteiger partial charge in [-0.3, -0.25) is 4.79 Å². The van der Waals surface area contributed by atoms with Gasteiger partial charge in [-0.2, -0.15) is 0 Å². The minimum Gasteiger partial charge on any atom is -0.338 e. The highest BCUT2D eigenvalue weighted by molar-refractivity contribution is 7.93. The van der Waals surface area contributed by atoms with Gasteiger partial charge in [0.25, 0.3) is 5.91 Å². The molecule has 0 saturated carbocycles. The zero-order valence-corrected chi connectivity index (χ0v) is 14.7. The van der Waals surface area contributed by atoms with Crippen LogP contribution in [-0.4, -0.2) is 50.7 Å². The molecule has 124 valence electrons. The molecule has 0 aliphatic carbocycles. The number of carbonyl (C=O) groups excluding carboxylic acids is 1. The van der Waals surface area contributed by atoms with Gasteiger partial charge in [-0.1, -0.05) is 27.0 Å². The van der Waals surface area contributed by atoms with Gasteiger partial charge in [0.05, 0.1) is 4.91 Å². The molecular formula is C16H26N2O3S. The average molecular weight is 326 g/mol. The van der Waals surface area contributed by atoms with Crippen molar-refractivity contribution in [3.63, 3.8) is 0 Å². The Morgan fingerprint density at radius 2 is 1.64 bits per heavy atom. The third-order valence-electron chi connectivity index (χ3n) is 3.71. The highest BCUT2D eigenvalue weighted by atomic mass is 32.2. The number of piperidine rings is 1. The maximum atomic E-state index is 12.4. The fourth-order valence-corrected chi connectivity index (χ4v) is 3.33.